The summed E-state index contributed by atoms with van der Waals surface area (Å²) in [5.41, 5.74) is 2.49. The summed E-state index contributed by atoms with van der Waals surface area (Å²) >= 11 is 12.0. The highest BCUT2D eigenvalue weighted by Gasteiger charge is 2.18. The van der Waals surface area contributed by atoms with Crippen molar-refractivity contribution < 1.29 is 4.79 Å². The molecular formula is C18H18Cl2N2O. The van der Waals surface area contributed by atoms with Gasteiger partial charge in [0, 0.05) is 36.5 Å². The first-order chi connectivity index (χ1) is 11.1. The molecule has 1 heterocycles. The maximum Gasteiger partial charge on any atom is 0.259 e. The van der Waals surface area contributed by atoms with Crippen LogP contribution >= 0.6 is 23.2 Å². The van der Waals surface area contributed by atoms with Crippen molar-refractivity contribution >= 4 is 40.5 Å². The number of carbonyl (C=O) groups is 1. The van der Waals surface area contributed by atoms with Crippen LogP contribution in [0.5, 0.6) is 0 Å². The molecule has 3 nitrogen and oxygen atoms in total. The van der Waals surface area contributed by atoms with E-state index in [1.807, 2.05) is 12.1 Å². The van der Waals surface area contributed by atoms with E-state index in [2.05, 4.69) is 17.0 Å². The molecule has 0 atom stereocenters. The molecule has 2 aromatic carbocycles. The minimum absolute atomic E-state index is 0.152. The molecule has 0 saturated carbocycles. The Bertz CT molecular complexity index is 709. The van der Waals surface area contributed by atoms with Crippen molar-refractivity contribution in [2.24, 2.45) is 0 Å². The molecule has 0 unspecified atom stereocenters. The molecule has 0 radical (unpaired) electrons. The Morgan fingerprint density at radius 1 is 1.04 bits per heavy atom. The van der Waals surface area contributed by atoms with E-state index in [1.54, 1.807) is 30.1 Å². The van der Waals surface area contributed by atoms with Crippen LogP contribution in [0.1, 0.15) is 23.2 Å². The number of carbonyl (C=O) groups excluding carboxylic acids is 1. The van der Waals surface area contributed by atoms with Gasteiger partial charge in [0.25, 0.3) is 5.91 Å². The van der Waals surface area contributed by atoms with Crippen LogP contribution in [0.2, 0.25) is 10.0 Å². The van der Waals surface area contributed by atoms with Gasteiger partial charge < -0.3 is 9.80 Å². The number of anilines is 2. The predicted octanol–water partition coefficient (Wildman–Crippen LogP) is 4.87. The van der Waals surface area contributed by atoms with Crippen LogP contribution in [0.4, 0.5) is 11.4 Å². The van der Waals surface area contributed by atoms with Gasteiger partial charge in [-0.2, -0.15) is 0 Å². The number of benzene rings is 2. The lowest BCUT2D eigenvalue weighted by Gasteiger charge is -2.21. The number of halogens is 2. The lowest BCUT2D eigenvalue weighted by Crippen LogP contribution is -2.26. The van der Waals surface area contributed by atoms with Crippen LogP contribution in [0.3, 0.4) is 0 Å². The molecule has 120 valence electrons. The molecule has 23 heavy (non-hydrogen) atoms. The Morgan fingerprint density at radius 3 is 2.30 bits per heavy atom. The quantitative estimate of drug-likeness (QED) is 0.789. The second kappa shape index (κ2) is 6.81. The molecule has 1 aliphatic rings. The Kier molecular flexibility index (Phi) is 4.79. The molecule has 0 aromatic heterocycles. The van der Waals surface area contributed by atoms with Crippen LogP contribution < -0.4 is 9.80 Å². The van der Waals surface area contributed by atoms with E-state index < -0.39 is 0 Å². The Morgan fingerprint density at radius 2 is 1.70 bits per heavy atom. The number of amides is 1. The van der Waals surface area contributed by atoms with E-state index in [1.165, 1.54) is 18.5 Å². The summed E-state index contributed by atoms with van der Waals surface area (Å²) in [7, 11) is 1.75. The van der Waals surface area contributed by atoms with Gasteiger partial charge in [0.15, 0.2) is 0 Å². The predicted molar refractivity (Wildman–Crippen MR) is 97.1 cm³/mol. The average Bonchev–Trinajstić information content (AvgIpc) is 3.08. The normalized spacial score (nSPS) is 14.1. The van der Waals surface area contributed by atoms with Crippen LogP contribution in [-0.2, 0) is 0 Å². The van der Waals surface area contributed by atoms with Crippen molar-refractivity contribution in [1.82, 2.24) is 0 Å². The fraction of sp³-hybridized carbons (Fsp3) is 0.278. The van der Waals surface area contributed by atoms with Gasteiger partial charge in [-0.15, -0.1) is 0 Å². The molecule has 0 bridgehead atoms. The van der Waals surface area contributed by atoms with Crippen molar-refractivity contribution in [2.45, 2.75) is 12.8 Å². The molecular weight excluding hydrogens is 331 g/mol. The second-order valence-electron chi connectivity index (χ2n) is 5.70. The first-order valence-corrected chi connectivity index (χ1v) is 8.40. The zero-order chi connectivity index (χ0) is 16.4. The van der Waals surface area contributed by atoms with Gasteiger partial charge in [-0.3, -0.25) is 4.79 Å². The first kappa shape index (κ1) is 16.2. The topological polar surface area (TPSA) is 23.6 Å². The van der Waals surface area contributed by atoms with Gasteiger partial charge in [0.1, 0.15) is 0 Å². The van der Waals surface area contributed by atoms with Gasteiger partial charge in [-0.05, 0) is 55.3 Å². The lowest BCUT2D eigenvalue weighted by atomic mass is 10.2. The van der Waals surface area contributed by atoms with E-state index >= 15 is 0 Å². The van der Waals surface area contributed by atoms with Gasteiger partial charge in [0.05, 0.1) is 10.6 Å². The minimum Gasteiger partial charge on any atom is -0.372 e. The Hall–Kier alpha value is -1.71. The lowest BCUT2D eigenvalue weighted by molar-refractivity contribution is 0.0993. The zero-order valence-corrected chi connectivity index (χ0v) is 14.4. The van der Waals surface area contributed by atoms with Gasteiger partial charge in [0.2, 0.25) is 0 Å². The van der Waals surface area contributed by atoms with Gasteiger partial charge >= 0.3 is 0 Å². The fourth-order valence-corrected chi connectivity index (χ4v) is 3.31. The average molecular weight is 349 g/mol. The van der Waals surface area contributed by atoms with Crippen molar-refractivity contribution in [2.75, 3.05) is 29.9 Å². The Balaban J connectivity index is 1.79. The third-order valence-electron chi connectivity index (χ3n) is 4.17. The summed E-state index contributed by atoms with van der Waals surface area (Å²) in [5.74, 6) is -0.152. The molecule has 3 rings (SSSR count). The summed E-state index contributed by atoms with van der Waals surface area (Å²) in [4.78, 5) is 16.6. The summed E-state index contributed by atoms with van der Waals surface area (Å²) in [6, 6.07) is 13.0. The number of nitrogens with zero attached hydrogens (tertiary/aromatic N) is 2. The highest BCUT2D eigenvalue weighted by Crippen LogP contribution is 2.26. The summed E-state index contributed by atoms with van der Waals surface area (Å²) in [6.45, 7) is 2.21. The molecule has 1 fully saturated rings. The SMILES string of the molecule is CN(C(=O)c1ccc(Cl)cc1Cl)c1ccc(N2CCCC2)cc1. The third-order valence-corrected chi connectivity index (χ3v) is 4.72. The van der Waals surface area contributed by atoms with E-state index in [-0.39, 0.29) is 5.91 Å². The van der Waals surface area contributed by atoms with Crippen molar-refractivity contribution in [3.8, 4) is 0 Å². The Labute approximate surface area is 146 Å². The fourth-order valence-electron chi connectivity index (χ4n) is 2.82. The molecule has 2 aromatic rings. The molecule has 1 amide bonds. The van der Waals surface area contributed by atoms with E-state index in [0.29, 0.717) is 15.6 Å². The summed E-state index contributed by atoms with van der Waals surface area (Å²) < 4.78 is 0. The first-order valence-electron chi connectivity index (χ1n) is 7.64. The van der Waals surface area contributed by atoms with E-state index in [9.17, 15) is 4.79 Å². The van der Waals surface area contributed by atoms with Crippen molar-refractivity contribution in [3.63, 3.8) is 0 Å². The van der Waals surface area contributed by atoms with Crippen LogP contribution in [0, 0.1) is 0 Å². The van der Waals surface area contributed by atoms with Crippen LogP contribution in [0.15, 0.2) is 42.5 Å². The highest BCUT2D eigenvalue weighted by molar-refractivity contribution is 6.37. The van der Waals surface area contributed by atoms with Gasteiger partial charge in [-0.1, -0.05) is 23.2 Å². The second-order valence-corrected chi connectivity index (χ2v) is 6.54. The zero-order valence-electron chi connectivity index (χ0n) is 12.9. The maximum atomic E-state index is 12.6. The van der Waals surface area contributed by atoms with Crippen LogP contribution in [-0.4, -0.2) is 26.0 Å². The molecule has 1 saturated heterocycles. The maximum absolute atomic E-state index is 12.6. The van der Waals surface area contributed by atoms with Gasteiger partial charge in [-0.25, -0.2) is 0 Å². The monoisotopic (exact) mass is 348 g/mol. The van der Waals surface area contributed by atoms with E-state index in [0.717, 1.165) is 18.8 Å². The summed E-state index contributed by atoms with van der Waals surface area (Å²) in [5, 5.41) is 0.882. The number of rotatable bonds is 3. The smallest absolute Gasteiger partial charge is 0.259 e. The van der Waals surface area contributed by atoms with Crippen molar-refractivity contribution in [1.29, 1.82) is 0 Å². The molecule has 0 spiro atoms. The van der Waals surface area contributed by atoms with Crippen molar-refractivity contribution in [3.05, 3.63) is 58.1 Å². The number of hydrogen-bond donors (Lipinski definition) is 0. The van der Waals surface area contributed by atoms with E-state index in [4.69, 9.17) is 23.2 Å². The summed E-state index contributed by atoms with van der Waals surface area (Å²) in [6.07, 6.45) is 2.49. The molecule has 0 N–H and O–H groups in total. The third kappa shape index (κ3) is 3.46. The standard InChI is InChI=1S/C18H18Cl2N2O/c1-21(18(23)16-9-4-13(19)12-17(16)20)14-5-7-15(8-6-14)22-10-2-3-11-22/h4-9,12H,2-3,10-11H2,1H3. The number of hydrogen-bond acceptors (Lipinski definition) is 2. The molecule has 5 heteroatoms. The molecule has 1 aliphatic heterocycles. The largest absolute Gasteiger partial charge is 0.372 e. The minimum atomic E-state index is -0.152. The molecule has 0 aliphatic carbocycles. The highest BCUT2D eigenvalue weighted by atomic mass is 35.5. The van der Waals surface area contributed by atoms with Crippen LogP contribution in [0.25, 0.3) is 0 Å².